The van der Waals surface area contributed by atoms with Crippen LogP contribution in [0.2, 0.25) is 0 Å². The summed E-state index contributed by atoms with van der Waals surface area (Å²) < 4.78 is 4.65. The molecule has 1 aromatic carbocycles. The zero-order valence-electron chi connectivity index (χ0n) is 11.6. The number of carbonyl (C=O) groups is 1. The predicted octanol–water partition coefficient (Wildman–Crippen LogP) is 3.46. The van der Waals surface area contributed by atoms with E-state index < -0.39 is 0 Å². The molecule has 21 heavy (non-hydrogen) atoms. The molecule has 2 aromatic heterocycles. The molecule has 0 unspecified atom stereocenters. The fourth-order valence-electron chi connectivity index (χ4n) is 2.16. The summed E-state index contributed by atoms with van der Waals surface area (Å²) in [6, 6.07) is 9.99. The van der Waals surface area contributed by atoms with E-state index in [0.29, 0.717) is 12.8 Å². The van der Waals surface area contributed by atoms with Crippen LogP contribution in [0.1, 0.15) is 12.1 Å². The Bertz CT molecular complexity index is 777. The SMILES string of the molecule is COC(=O)CCc1csc(-c2ccnc3ccccc23)n1. The molecule has 0 atom stereocenters. The van der Waals surface area contributed by atoms with Crippen molar-refractivity contribution < 1.29 is 9.53 Å². The van der Waals surface area contributed by atoms with Crippen molar-refractivity contribution in [2.24, 2.45) is 0 Å². The van der Waals surface area contributed by atoms with Gasteiger partial charge in [-0.25, -0.2) is 4.98 Å². The van der Waals surface area contributed by atoms with Gasteiger partial charge in [0.25, 0.3) is 0 Å². The summed E-state index contributed by atoms with van der Waals surface area (Å²) in [6.45, 7) is 0. The summed E-state index contributed by atoms with van der Waals surface area (Å²) >= 11 is 1.59. The number of hydrogen-bond donors (Lipinski definition) is 0. The number of fused-ring (bicyclic) bond motifs is 1. The van der Waals surface area contributed by atoms with Crippen molar-refractivity contribution in [2.75, 3.05) is 7.11 Å². The lowest BCUT2D eigenvalue weighted by molar-refractivity contribution is -0.140. The van der Waals surface area contributed by atoms with Gasteiger partial charge < -0.3 is 4.74 Å². The molecule has 3 rings (SSSR count). The second kappa shape index (κ2) is 6.01. The predicted molar refractivity (Wildman–Crippen MR) is 83.2 cm³/mol. The fraction of sp³-hybridized carbons (Fsp3) is 0.188. The first-order valence-corrected chi connectivity index (χ1v) is 7.51. The number of rotatable bonds is 4. The van der Waals surface area contributed by atoms with Gasteiger partial charge in [-0.2, -0.15) is 0 Å². The Labute approximate surface area is 126 Å². The highest BCUT2D eigenvalue weighted by molar-refractivity contribution is 7.13. The number of aryl methyl sites for hydroxylation is 1. The fourth-order valence-corrected chi connectivity index (χ4v) is 3.05. The minimum atomic E-state index is -0.209. The van der Waals surface area contributed by atoms with Gasteiger partial charge in [0.1, 0.15) is 5.01 Å². The summed E-state index contributed by atoms with van der Waals surface area (Å²) in [5, 5.41) is 4.04. The van der Waals surface area contributed by atoms with Gasteiger partial charge in [-0.05, 0) is 12.1 Å². The van der Waals surface area contributed by atoms with Gasteiger partial charge in [0.05, 0.1) is 24.7 Å². The molecule has 0 spiro atoms. The third-order valence-electron chi connectivity index (χ3n) is 3.24. The van der Waals surface area contributed by atoms with Crippen molar-refractivity contribution in [3.8, 4) is 10.6 Å². The zero-order valence-corrected chi connectivity index (χ0v) is 12.4. The number of benzene rings is 1. The number of thiazole rings is 1. The molecule has 2 heterocycles. The van der Waals surface area contributed by atoms with E-state index in [4.69, 9.17) is 0 Å². The second-order valence-electron chi connectivity index (χ2n) is 4.60. The number of pyridine rings is 1. The number of hydrogen-bond acceptors (Lipinski definition) is 5. The van der Waals surface area contributed by atoms with E-state index in [1.54, 1.807) is 17.5 Å². The topological polar surface area (TPSA) is 52.1 Å². The van der Waals surface area contributed by atoms with E-state index in [1.165, 1.54) is 7.11 Å². The summed E-state index contributed by atoms with van der Waals surface area (Å²) in [4.78, 5) is 20.2. The minimum Gasteiger partial charge on any atom is -0.469 e. The van der Waals surface area contributed by atoms with Gasteiger partial charge in [0.15, 0.2) is 0 Å². The van der Waals surface area contributed by atoms with E-state index in [2.05, 4.69) is 14.7 Å². The van der Waals surface area contributed by atoms with Crippen LogP contribution in [0.5, 0.6) is 0 Å². The molecule has 106 valence electrons. The number of aromatic nitrogens is 2. The average molecular weight is 298 g/mol. The number of nitrogens with zero attached hydrogens (tertiary/aromatic N) is 2. The van der Waals surface area contributed by atoms with Crippen LogP contribution in [0.15, 0.2) is 41.9 Å². The Kier molecular flexibility index (Phi) is 3.92. The van der Waals surface area contributed by atoms with E-state index >= 15 is 0 Å². The Morgan fingerprint density at radius 2 is 2.14 bits per heavy atom. The van der Waals surface area contributed by atoms with Gasteiger partial charge >= 0.3 is 5.97 Å². The summed E-state index contributed by atoms with van der Waals surface area (Å²) in [5.41, 5.74) is 2.96. The number of para-hydroxylation sites is 1. The van der Waals surface area contributed by atoms with E-state index in [0.717, 1.165) is 27.2 Å². The molecular formula is C16H14N2O2S. The number of methoxy groups -OCH3 is 1. The highest BCUT2D eigenvalue weighted by Crippen LogP contribution is 2.30. The normalized spacial score (nSPS) is 10.7. The van der Waals surface area contributed by atoms with Crippen LogP contribution in [0.4, 0.5) is 0 Å². The maximum Gasteiger partial charge on any atom is 0.305 e. The van der Waals surface area contributed by atoms with Crippen LogP contribution < -0.4 is 0 Å². The van der Waals surface area contributed by atoms with Crippen LogP contribution in [-0.4, -0.2) is 23.0 Å². The number of esters is 1. The van der Waals surface area contributed by atoms with Crippen LogP contribution in [-0.2, 0) is 16.0 Å². The van der Waals surface area contributed by atoms with Gasteiger partial charge in [-0.3, -0.25) is 9.78 Å². The Balaban J connectivity index is 1.90. The monoisotopic (exact) mass is 298 g/mol. The van der Waals surface area contributed by atoms with Gasteiger partial charge in [-0.1, -0.05) is 18.2 Å². The highest BCUT2D eigenvalue weighted by atomic mass is 32.1. The first-order valence-electron chi connectivity index (χ1n) is 6.63. The maximum atomic E-state index is 11.2. The van der Waals surface area contributed by atoms with Crippen molar-refractivity contribution in [3.05, 3.63) is 47.6 Å². The van der Waals surface area contributed by atoms with Crippen molar-refractivity contribution in [2.45, 2.75) is 12.8 Å². The third-order valence-corrected chi connectivity index (χ3v) is 4.17. The lowest BCUT2D eigenvalue weighted by Crippen LogP contribution is -2.01. The van der Waals surface area contributed by atoms with Crippen LogP contribution in [0, 0.1) is 0 Å². The molecule has 0 bridgehead atoms. The smallest absolute Gasteiger partial charge is 0.305 e. The van der Waals surface area contributed by atoms with Crippen molar-refractivity contribution in [1.29, 1.82) is 0 Å². The average Bonchev–Trinajstić information content (AvgIpc) is 3.00. The highest BCUT2D eigenvalue weighted by Gasteiger charge is 2.10. The van der Waals surface area contributed by atoms with Crippen molar-refractivity contribution in [3.63, 3.8) is 0 Å². The molecule has 0 N–H and O–H groups in total. The summed E-state index contributed by atoms with van der Waals surface area (Å²) in [5.74, 6) is -0.209. The molecular weight excluding hydrogens is 284 g/mol. The molecule has 0 saturated heterocycles. The lowest BCUT2D eigenvalue weighted by atomic mass is 10.1. The zero-order chi connectivity index (χ0) is 14.7. The molecule has 4 nitrogen and oxygen atoms in total. The van der Waals surface area contributed by atoms with E-state index in [1.807, 2.05) is 35.7 Å². The van der Waals surface area contributed by atoms with Crippen molar-refractivity contribution in [1.82, 2.24) is 9.97 Å². The largest absolute Gasteiger partial charge is 0.469 e. The third kappa shape index (κ3) is 2.92. The Morgan fingerprint density at radius 1 is 1.29 bits per heavy atom. The summed E-state index contributed by atoms with van der Waals surface area (Å²) in [7, 11) is 1.40. The van der Waals surface area contributed by atoms with Crippen molar-refractivity contribution >= 4 is 28.2 Å². The van der Waals surface area contributed by atoms with Crippen LogP contribution >= 0.6 is 11.3 Å². The molecule has 0 amide bonds. The lowest BCUT2D eigenvalue weighted by Gasteiger charge is -2.02. The quantitative estimate of drug-likeness (QED) is 0.692. The molecule has 0 fully saturated rings. The molecule has 3 aromatic rings. The minimum absolute atomic E-state index is 0.209. The molecule has 0 radical (unpaired) electrons. The maximum absolute atomic E-state index is 11.2. The van der Waals surface area contributed by atoms with Crippen LogP contribution in [0.3, 0.4) is 0 Å². The van der Waals surface area contributed by atoms with E-state index in [-0.39, 0.29) is 5.97 Å². The molecule has 0 aliphatic rings. The van der Waals surface area contributed by atoms with Gasteiger partial charge in [0.2, 0.25) is 0 Å². The Hall–Kier alpha value is -2.27. The van der Waals surface area contributed by atoms with Gasteiger partial charge in [0, 0.05) is 28.9 Å². The molecule has 5 heteroatoms. The number of carbonyl (C=O) groups excluding carboxylic acids is 1. The molecule has 0 saturated carbocycles. The van der Waals surface area contributed by atoms with Gasteiger partial charge in [-0.15, -0.1) is 11.3 Å². The molecule has 0 aliphatic carbocycles. The Morgan fingerprint density at radius 3 is 3.00 bits per heavy atom. The second-order valence-corrected chi connectivity index (χ2v) is 5.45. The van der Waals surface area contributed by atoms with E-state index in [9.17, 15) is 4.79 Å². The standard InChI is InChI=1S/C16H14N2O2S/c1-20-15(19)7-6-11-10-21-16(18-11)13-8-9-17-14-5-3-2-4-12(13)14/h2-5,8-10H,6-7H2,1H3. The molecule has 0 aliphatic heterocycles. The van der Waals surface area contributed by atoms with Crippen LogP contribution in [0.25, 0.3) is 21.5 Å². The summed E-state index contributed by atoms with van der Waals surface area (Å²) in [6.07, 6.45) is 2.76. The first kappa shape index (κ1) is 13.7. The first-order chi connectivity index (χ1) is 10.3. The number of ether oxygens (including phenoxy) is 1.